The molecule has 0 aliphatic rings. The van der Waals surface area contributed by atoms with Crippen LogP contribution in [-0.2, 0) is 16.0 Å². The average molecular weight is 472 g/mol. The van der Waals surface area contributed by atoms with Gasteiger partial charge in [-0.05, 0) is 80.9 Å². The Labute approximate surface area is 185 Å². The highest BCUT2D eigenvalue weighted by Crippen LogP contribution is 2.29. The number of benzene rings is 1. The van der Waals surface area contributed by atoms with Crippen molar-refractivity contribution in [2.75, 3.05) is 12.8 Å². The summed E-state index contributed by atoms with van der Waals surface area (Å²) in [5, 5.41) is 0. The molecular weight excluding hydrogens is 433 g/mol. The highest BCUT2D eigenvalue weighted by molar-refractivity contribution is 9.10. The second kappa shape index (κ2) is 13.3. The van der Waals surface area contributed by atoms with Gasteiger partial charge >= 0.3 is 5.97 Å². The van der Waals surface area contributed by atoms with Crippen molar-refractivity contribution < 1.29 is 13.9 Å². The van der Waals surface area contributed by atoms with Gasteiger partial charge in [0.15, 0.2) is 0 Å². The predicted octanol–water partition coefficient (Wildman–Crippen LogP) is 6.97. The van der Waals surface area contributed by atoms with Gasteiger partial charge in [0, 0.05) is 10.2 Å². The van der Waals surface area contributed by atoms with Gasteiger partial charge in [0.2, 0.25) is 0 Å². The molecule has 1 rings (SSSR count). The maximum Gasteiger partial charge on any atom is 0.308 e. The molecule has 2 N–H and O–H groups in total. The molecule has 0 fully saturated rings. The number of nitrogens with two attached hydrogens (primary N) is 1. The van der Waals surface area contributed by atoms with E-state index >= 15 is 0 Å². The van der Waals surface area contributed by atoms with Gasteiger partial charge in [-0.15, -0.1) is 0 Å². The van der Waals surface area contributed by atoms with Gasteiger partial charge in [0.05, 0.1) is 19.2 Å². The summed E-state index contributed by atoms with van der Waals surface area (Å²) in [6.07, 6.45) is 5.33. The molecule has 5 heteroatoms. The zero-order valence-electron chi connectivity index (χ0n) is 18.7. The van der Waals surface area contributed by atoms with E-state index in [4.69, 9.17) is 10.5 Å². The van der Waals surface area contributed by atoms with Gasteiger partial charge in [0.1, 0.15) is 0 Å². The van der Waals surface area contributed by atoms with Crippen LogP contribution in [-0.4, -0.2) is 19.3 Å². The van der Waals surface area contributed by atoms with Crippen LogP contribution in [0.5, 0.6) is 0 Å². The maximum atomic E-state index is 13.1. The van der Waals surface area contributed by atoms with Gasteiger partial charge in [-0.2, -0.15) is 0 Å². The van der Waals surface area contributed by atoms with Crippen molar-refractivity contribution in [3.05, 3.63) is 28.2 Å². The molecule has 0 radical (unpaired) electrons. The summed E-state index contributed by atoms with van der Waals surface area (Å²) in [6, 6.07) is 6.08. The van der Waals surface area contributed by atoms with Crippen molar-refractivity contribution in [3.63, 3.8) is 0 Å². The normalized spacial score (nSPS) is 16.7. The fourth-order valence-electron chi connectivity index (χ4n) is 4.19. The van der Waals surface area contributed by atoms with Crippen LogP contribution in [0.3, 0.4) is 0 Å². The lowest BCUT2D eigenvalue weighted by molar-refractivity contribution is -0.147. The lowest BCUT2D eigenvalue weighted by atomic mass is 9.82. The Balaban J connectivity index is 2.52. The number of ether oxygens (including phenoxy) is 1. The monoisotopic (exact) mass is 471 g/mol. The summed E-state index contributed by atoms with van der Waals surface area (Å²) in [5.74, 6) is 1.03. The molecule has 0 aromatic heterocycles. The Morgan fingerprint density at radius 3 is 2.38 bits per heavy atom. The van der Waals surface area contributed by atoms with E-state index in [1.165, 1.54) is 12.7 Å². The van der Waals surface area contributed by atoms with E-state index in [1.54, 1.807) is 6.92 Å². The Hall–Kier alpha value is -1.10. The van der Waals surface area contributed by atoms with E-state index in [0.29, 0.717) is 18.3 Å². The first kappa shape index (κ1) is 25.9. The molecular formula is C24H39BrFNO2. The van der Waals surface area contributed by atoms with Crippen molar-refractivity contribution in [1.82, 2.24) is 0 Å². The van der Waals surface area contributed by atoms with Crippen LogP contribution < -0.4 is 5.73 Å². The average Bonchev–Trinajstić information content (AvgIpc) is 2.63. The molecule has 3 unspecified atom stereocenters. The minimum Gasteiger partial charge on any atom is -0.469 e. The number of anilines is 1. The van der Waals surface area contributed by atoms with E-state index < -0.39 is 6.17 Å². The third kappa shape index (κ3) is 9.97. The molecule has 0 saturated carbocycles. The number of methoxy groups -OCH3 is 1. The van der Waals surface area contributed by atoms with Crippen LogP contribution in [0, 0.1) is 23.7 Å². The standard InChI is InChI=1S/C24H39BrFNO2/c1-16(13-17(2)14-20-10-11-21(25)15-23(20)27)9-12-22(24(28)29-5)18(3)7-6-8-19(4)26/h10-11,15-19,22H,6-9,12-14,27H2,1-5H3/t16?,17-,18?,19?,22-/m0/s1. The number of esters is 1. The Morgan fingerprint density at radius 1 is 1.10 bits per heavy atom. The zero-order chi connectivity index (χ0) is 22.0. The van der Waals surface area contributed by atoms with Crippen molar-refractivity contribution in [1.29, 1.82) is 0 Å². The molecule has 0 aliphatic carbocycles. The van der Waals surface area contributed by atoms with Gasteiger partial charge in [0.25, 0.3) is 0 Å². The zero-order valence-corrected chi connectivity index (χ0v) is 20.3. The molecule has 0 spiro atoms. The van der Waals surface area contributed by atoms with E-state index in [-0.39, 0.29) is 17.8 Å². The molecule has 29 heavy (non-hydrogen) atoms. The minimum absolute atomic E-state index is 0.102. The van der Waals surface area contributed by atoms with Crippen LogP contribution in [0.2, 0.25) is 0 Å². The number of rotatable bonds is 13. The lowest BCUT2D eigenvalue weighted by Crippen LogP contribution is -2.24. The highest BCUT2D eigenvalue weighted by Gasteiger charge is 2.26. The first-order chi connectivity index (χ1) is 13.6. The summed E-state index contributed by atoms with van der Waals surface area (Å²) < 4.78 is 19.1. The van der Waals surface area contributed by atoms with Crippen LogP contribution in [0.25, 0.3) is 0 Å². The molecule has 5 atom stereocenters. The molecule has 0 amide bonds. The maximum absolute atomic E-state index is 13.1. The number of hydrogen-bond acceptors (Lipinski definition) is 3. The van der Waals surface area contributed by atoms with Crippen LogP contribution >= 0.6 is 15.9 Å². The predicted molar refractivity (Wildman–Crippen MR) is 124 cm³/mol. The number of hydrogen-bond donors (Lipinski definition) is 1. The molecule has 0 bridgehead atoms. The molecule has 3 nitrogen and oxygen atoms in total. The fourth-order valence-corrected chi connectivity index (χ4v) is 4.57. The Bertz CT molecular complexity index is 623. The van der Waals surface area contributed by atoms with Crippen LogP contribution in [0.15, 0.2) is 22.7 Å². The number of carbonyl (C=O) groups excluding carboxylic acids is 1. The van der Waals surface area contributed by atoms with Crippen molar-refractivity contribution in [2.24, 2.45) is 23.7 Å². The number of halogens is 2. The molecule has 1 aromatic rings. The van der Waals surface area contributed by atoms with Crippen molar-refractivity contribution in [2.45, 2.75) is 78.8 Å². The summed E-state index contributed by atoms with van der Waals surface area (Å²) in [6.45, 7) is 8.20. The SMILES string of the molecule is COC(=O)[C@@H](CCC(C)C[C@H](C)Cc1ccc(Br)cc1N)C(C)CCCC(C)F. The Morgan fingerprint density at radius 2 is 1.79 bits per heavy atom. The van der Waals surface area contributed by atoms with E-state index in [2.05, 4.69) is 42.8 Å². The van der Waals surface area contributed by atoms with Gasteiger partial charge < -0.3 is 10.5 Å². The molecule has 0 heterocycles. The van der Waals surface area contributed by atoms with Crippen molar-refractivity contribution in [3.8, 4) is 0 Å². The number of alkyl halides is 1. The quantitative estimate of drug-likeness (QED) is 0.249. The van der Waals surface area contributed by atoms with E-state index in [0.717, 1.165) is 48.7 Å². The van der Waals surface area contributed by atoms with Crippen LogP contribution in [0.4, 0.5) is 10.1 Å². The van der Waals surface area contributed by atoms with Gasteiger partial charge in [-0.1, -0.05) is 49.2 Å². The second-order valence-corrected chi connectivity index (χ2v) is 9.80. The molecule has 1 aromatic carbocycles. The topological polar surface area (TPSA) is 52.3 Å². The fraction of sp³-hybridized carbons (Fsp3) is 0.708. The van der Waals surface area contributed by atoms with Crippen molar-refractivity contribution >= 4 is 27.6 Å². The third-order valence-electron chi connectivity index (χ3n) is 5.90. The van der Waals surface area contributed by atoms with Gasteiger partial charge in [-0.25, -0.2) is 4.39 Å². The largest absolute Gasteiger partial charge is 0.469 e. The summed E-state index contributed by atoms with van der Waals surface area (Å²) in [5.41, 5.74) is 8.16. The summed E-state index contributed by atoms with van der Waals surface area (Å²) in [4.78, 5) is 12.3. The van der Waals surface area contributed by atoms with E-state index in [1.807, 2.05) is 12.1 Å². The second-order valence-electron chi connectivity index (χ2n) is 8.89. The third-order valence-corrected chi connectivity index (χ3v) is 6.40. The number of carbonyl (C=O) groups is 1. The smallest absolute Gasteiger partial charge is 0.308 e. The Kier molecular flexibility index (Phi) is 11.9. The minimum atomic E-state index is -0.778. The lowest BCUT2D eigenvalue weighted by Gasteiger charge is -2.24. The number of nitrogen functional groups attached to an aromatic ring is 1. The first-order valence-corrected chi connectivity index (χ1v) is 11.7. The molecule has 0 saturated heterocycles. The molecule has 0 aliphatic heterocycles. The highest BCUT2D eigenvalue weighted by atomic mass is 79.9. The van der Waals surface area contributed by atoms with Gasteiger partial charge in [-0.3, -0.25) is 4.79 Å². The summed E-state index contributed by atoms with van der Waals surface area (Å²) in [7, 11) is 1.46. The molecule has 166 valence electrons. The van der Waals surface area contributed by atoms with E-state index in [9.17, 15) is 9.18 Å². The summed E-state index contributed by atoms with van der Waals surface area (Å²) >= 11 is 3.45. The first-order valence-electron chi connectivity index (χ1n) is 10.9. The van der Waals surface area contributed by atoms with Crippen LogP contribution in [0.1, 0.15) is 71.8 Å².